The van der Waals surface area contributed by atoms with Crippen molar-refractivity contribution >= 4 is 21.5 Å². The molecule has 1 atom stereocenters. The first-order chi connectivity index (χ1) is 13.4. The molecule has 2 N–H and O–H groups in total. The second-order valence-electron chi connectivity index (χ2n) is 7.67. The summed E-state index contributed by atoms with van der Waals surface area (Å²) in [6, 6.07) is 10.7. The highest BCUT2D eigenvalue weighted by atomic mass is 32.2. The Bertz CT molecular complexity index is 761. The van der Waals surface area contributed by atoms with Crippen LogP contribution in [0.2, 0.25) is 0 Å². The monoisotopic (exact) mass is 408 g/mol. The van der Waals surface area contributed by atoms with E-state index in [-0.39, 0.29) is 12.6 Å². The highest BCUT2D eigenvalue weighted by Gasteiger charge is 2.42. The molecule has 1 aromatic rings. The standard InChI is InChI=1S/C20H32N4O3S/c1-3-21-19(22-16-20(28(2,25)26)10-13-27-14-11-20)23-17-9-12-24(15-17)18-7-5-4-6-8-18/h4-8,17H,3,9-16H2,1-2H3,(H2,21,22,23). The van der Waals surface area contributed by atoms with Crippen LogP contribution in [0.25, 0.3) is 0 Å². The normalized spacial score (nSPS) is 22.9. The van der Waals surface area contributed by atoms with E-state index in [2.05, 4.69) is 44.8 Å². The molecule has 8 heteroatoms. The molecule has 2 saturated heterocycles. The van der Waals surface area contributed by atoms with Crippen LogP contribution in [0, 0.1) is 0 Å². The Morgan fingerprint density at radius 3 is 2.64 bits per heavy atom. The lowest BCUT2D eigenvalue weighted by Crippen LogP contribution is -2.49. The highest BCUT2D eigenvalue weighted by Crippen LogP contribution is 2.29. The Hall–Kier alpha value is -1.80. The second-order valence-corrected chi connectivity index (χ2v) is 10.1. The topological polar surface area (TPSA) is 83.0 Å². The van der Waals surface area contributed by atoms with E-state index in [1.54, 1.807) is 0 Å². The molecule has 3 rings (SSSR count). The molecule has 0 amide bonds. The van der Waals surface area contributed by atoms with Gasteiger partial charge < -0.3 is 20.3 Å². The summed E-state index contributed by atoms with van der Waals surface area (Å²) in [5.41, 5.74) is 1.23. The van der Waals surface area contributed by atoms with Gasteiger partial charge >= 0.3 is 0 Å². The maximum Gasteiger partial charge on any atom is 0.191 e. The molecule has 0 radical (unpaired) electrons. The van der Waals surface area contributed by atoms with Crippen LogP contribution in [0.4, 0.5) is 5.69 Å². The number of hydrogen-bond acceptors (Lipinski definition) is 5. The zero-order valence-corrected chi connectivity index (χ0v) is 17.7. The van der Waals surface area contributed by atoms with E-state index in [1.165, 1.54) is 11.9 Å². The summed E-state index contributed by atoms with van der Waals surface area (Å²) in [5, 5.41) is 6.76. The molecule has 0 spiro atoms. The van der Waals surface area contributed by atoms with Gasteiger partial charge in [-0.25, -0.2) is 8.42 Å². The summed E-state index contributed by atoms with van der Waals surface area (Å²) in [6.07, 6.45) is 3.34. The number of hydrogen-bond donors (Lipinski definition) is 2. The van der Waals surface area contributed by atoms with Crippen molar-refractivity contribution in [2.45, 2.75) is 37.0 Å². The molecular weight excluding hydrogens is 376 g/mol. The average Bonchev–Trinajstić information content (AvgIpc) is 3.15. The predicted molar refractivity (Wildman–Crippen MR) is 114 cm³/mol. The summed E-state index contributed by atoms with van der Waals surface area (Å²) in [6.45, 7) is 5.85. The Labute approximate surface area is 168 Å². The number of nitrogens with zero attached hydrogens (tertiary/aromatic N) is 2. The summed E-state index contributed by atoms with van der Waals surface area (Å²) < 4.78 is 29.5. The van der Waals surface area contributed by atoms with Crippen molar-refractivity contribution < 1.29 is 13.2 Å². The van der Waals surface area contributed by atoms with Crippen LogP contribution in [0.5, 0.6) is 0 Å². The van der Waals surface area contributed by atoms with Gasteiger partial charge in [-0.05, 0) is 38.3 Å². The van der Waals surface area contributed by atoms with E-state index in [4.69, 9.17) is 4.74 Å². The van der Waals surface area contributed by atoms with Crippen molar-refractivity contribution in [1.82, 2.24) is 10.6 Å². The van der Waals surface area contributed by atoms with E-state index in [1.807, 2.05) is 13.0 Å². The van der Waals surface area contributed by atoms with Gasteiger partial charge in [0.15, 0.2) is 15.8 Å². The SMILES string of the molecule is CCNC(=NCC1(S(C)(=O)=O)CCOCC1)NC1CCN(c2ccccc2)C1. The van der Waals surface area contributed by atoms with E-state index in [0.717, 1.165) is 26.1 Å². The molecule has 0 aliphatic carbocycles. The molecule has 7 nitrogen and oxygen atoms in total. The van der Waals surface area contributed by atoms with Gasteiger partial charge in [-0.1, -0.05) is 18.2 Å². The van der Waals surface area contributed by atoms with Crippen LogP contribution in [-0.4, -0.2) is 70.8 Å². The van der Waals surface area contributed by atoms with Crippen molar-refractivity contribution in [2.24, 2.45) is 4.99 Å². The fourth-order valence-electron chi connectivity index (χ4n) is 3.88. The van der Waals surface area contributed by atoms with E-state index in [9.17, 15) is 8.42 Å². The van der Waals surface area contributed by atoms with Gasteiger partial charge in [-0.15, -0.1) is 0 Å². The Morgan fingerprint density at radius 2 is 2.00 bits per heavy atom. The minimum Gasteiger partial charge on any atom is -0.381 e. The predicted octanol–water partition coefficient (Wildman–Crippen LogP) is 1.41. The number of guanidine groups is 1. The average molecular weight is 409 g/mol. The van der Waals surface area contributed by atoms with Crippen LogP contribution in [-0.2, 0) is 14.6 Å². The molecule has 1 unspecified atom stereocenters. The largest absolute Gasteiger partial charge is 0.381 e. The van der Waals surface area contributed by atoms with Crippen LogP contribution in [0.1, 0.15) is 26.2 Å². The maximum absolute atomic E-state index is 12.5. The molecule has 2 aliphatic heterocycles. The quantitative estimate of drug-likeness (QED) is 0.547. The number of sulfone groups is 1. The van der Waals surface area contributed by atoms with Gasteiger partial charge in [-0.2, -0.15) is 0 Å². The smallest absolute Gasteiger partial charge is 0.191 e. The second kappa shape index (κ2) is 9.13. The zero-order chi connectivity index (χ0) is 20.0. The van der Waals surface area contributed by atoms with Gasteiger partial charge in [0.25, 0.3) is 0 Å². The number of benzene rings is 1. The lowest BCUT2D eigenvalue weighted by atomic mass is 9.99. The zero-order valence-electron chi connectivity index (χ0n) is 16.9. The first kappa shape index (κ1) is 20.9. The van der Waals surface area contributed by atoms with Crippen molar-refractivity contribution in [3.8, 4) is 0 Å². The summed E-state index contributed by atoms with van der Waals surface area (Å²) in [4.78, 5) is 7.04. The summed E-state index contributed by atoms with van der Waals surface area (Å²) in [5.74, 6) is 0.692. The van der Waals surface area contributed by atoms with Crippen LogP contribution >= 0.6 is 0 Å². The third-order valence-corrected chi connectivity index (χ3v) is 7.82. The van der Waals surface area contributed by atoms with Gasteiger partial charge in [0.2, 0.25) is 0 Å². The third-order valence-electron chi connectivity index (χ3n) is 5.71. The lowest BCUT2D eigenvalue weighted by molar-refractivity contribution is 0.0768. The molecule has 2 fully saturated rings. The molecule has 0 aromatic heterocycles. The van der Waals surface area contributed by atoms with E-state index >= 15 is 0 Å². The number of aliphatic imine (C=N–C) groups is 1. The van der Waals surface area contributed by atoms with Gasteiger partial charge in [0.05, 0.1) is 11.3 Å². The Kier molecular flexibility index (Phi) is 6.82. The van der Waals surface area contributed by atoms with E-state index in [0.29, 0.717) is 32.0 Å². The minimum atomic E-state index is -3.22. The molecule has 0 bridgehead atoms. The van der Waals surface area contributed by atoms with E-state index < -0.39 is 14.6 Å². The lowest BCUT2D eigenvalue weighted by Gasteiger charge is -2.34. The fraction of sp³-hybridized carbons (Fsp3) is 0.650. The molecular formula is C20H32N4O3S. The summed E-state index contributed by atoms with van der Waals surface area (Å²) in [7, 11) is -3.22. The molecule has 2 aliphatic rings. The Morgan fingerprint density at radius 1 is 1.29 bits per heavy atom. The fourth-order valence-corrected chi connectivity index (χ4v) is 5.08. The molecule has 28 heavy (non-hydrogen) atoms. The molecule has 1 aromatic carbocycles. The molecule has 0 saturated carbocycles. The van der Waals surface area contributed by atoms with Crippen molar-refractivity contribution in [3.63, 3.8) is 0 Å². The van der Waals surface area contributed by atoms with Crippen molar-refractivity contribution in [1.29, 1.82) is 0 Å². The van der Waals surface area contributed by atoms with Crippen LogP contribution < -0.4 is 15.5 Å². The minimum absolute atomic E-state index is 0.264. The number of anilines is 1. The van der Waals surface area contributed by atoms with Crippen molar-refractivity contribution in [3.05, 3.63) is 30.3 Å². The number of ether oxygens (including phenoxy) is 1. The molecule has 156 valence electrons. The number of rotatable bonds is 6. The van der Waals surface area contributed by atoms with Gasteiger partial charge in [-0.3, -0.25) is 4.99 Å². The third kappa shape index (κ3) is 4.97. The maximum atomic E-state index is 12.5. The summed E-state index contributed by atoms with van der Waals surface area (Å²) >= 11 is 0. The number of para-hydroxylation sites is 1. The highest BCUT2D eigenvalue weighted by molar-refractivity contribution is 7.92. The van der Waals surface area contributed by atoms with Crippen LogP contribution in [0.3, 0.4) is 0 Å². The number of nitrogens with one attached hydrogen (secondary N) is 2. The Balaban J connectivity index is 1.66. The first-order valence-corrected chi connectivity index (χ1v) is 11.9. The first-order valence-electron chi connectivity index (χ1n) is 10.1. The van der Waals surface area contributed by atoms with Gasteiger partial charge in [0, 0.05) is 50.8 Å². The van der Waals surface area contributed by atoms with Gasteiger partial charge in [0.1, 0.15) is 0 Å². The van der Waals surface area contributed by atoms with Crippen molar-refractivity contribution in [2.75, 3.05) is 50.5 Å². The molecule has 2 heterocycles. The van der Waals surface area contributed by atoms with Crippen LogP contribution in [0.15, 0.2) is 35.3 Å².